The minimum absolute atomic E-state index is 0.00794. The molecule has 2 aromatic rings. The molecule has 27 heavy (non-hydrogen) atoms. The maximum absolute atomic E-state index is 12.7. The van der Waals surface area contributed by atoms with Crippen molar-refractivity contribution in [2.45, 2.75) is 31.2 Å². The van der Waals surface area contributed by atoms with Crippen LogP contribution in [-0.4, -0.2) is 38.1 Å². The molecule has 0 fully saturated rings. The molecule has 8 heteroatoms. The van der Waals surface area contributed by atoms with Gasteiger partial charge in [0.25, 0.3) is 0 Å². The van der Waals surface area contributed by atoms with Gasteiger partial charge < -0.3 is 9.84 Å². The van der Waals surface area contributed by atoms with Crippen molar-refractivity contribution in [1.82, 2.24) is 4.72 Å². The lowest BCUT2D eigenvalue weighted by Gasteiger charge is -2.16. The monoisotopic (exact) mass is 391 g/mol. The zero-order valence-corrected chi connectivity index (χ0v) is 15.8. The van der Waals surface area contributed by atoms with Crippen LogP contribution in [0.5, 0.6) is 0 Å². The van der Waals surface area contributed by atoms with Crippen molar-refractivity contribution >= 4 is 22.0 Å². The lowest BCUT2D eigenvalue weighted by molar-refractivity contribution is -0.138. The number of hydrogen-bond acceptors (Lipinski definition) is 5. The summed E-state index contributed by atoms with van der Waals surface area (Å²) in [5.41, 5.74) is 1.37. The Balaban J connectivity index is 2.29. The average Bonchev–Trinajstić information content (AvgIpc) is 2.62. The molecule has 0 heterocycles. The van der Waals surface area contributed by atoms with Crippen LogP contribution in [0.2, 0.25) is 0 Å². The van der Waals surface area contributed by atoms with Gasteiger partial charge in [-0.05, 0) is 43.5 Å². The molecular weight excluding hydrogens is 370 g/mol. The highest BCUT2D eigenvalue weighted by molar-refractivity contribution is 7.89. The van der Waals surface area contributed by atoms with Crippen LogP contribution in [0.3, 0.4) is 0 Å². The van der Waals surface area contributed by atoms with E-state index in [1.807, 2.05) is 0 Å². The van der Waals surface area contributed by atoms with Gasteiger partial charge in [0.2, 0.25) is 10.0 Å². The number of carboxylic acids is 1. The standard InChI is InChI=1S/C19H21NO6S/c1-3-26-19(23)16-12-15(10-9-13(16)2)27(24,25)20-17(18(21)22)11-14-7-5-4-6-8-14/h4-10,12,17,20H,3,11H2,1-2H3,(H,21,22)/t17-/m0/s1. The molecule has 0 bridgehead atoms. The second-order valence-electron chi connectivity index (χ2n) is 5.90. The van der Waals surface area contributed by atoms with Gasteiger partial charge in [-0.25, -0.2) is 13.2 Å². The third-order valence-electron chi connectivity index (χ3n) is 3.89. The Hall–Kier alpha value is -2.71. The van der Waals surface area contributed by atoms with Crippen LogP contribution in [0.1, 0.15) is 28.4 Å². The summed E-state index contributed by atoms with van der Waals surface area (Å²) in [6.07, 6.45) is -0.00794. The summed E-state index contributed by atoms with van der Waals surface area (Å²) in [7, 11) is -4.15. The summed E-state index contributed by atoms with van der Waals surface area (Å²) >= 11 is 0. The van der Waals surface area contributed by atoms with Gasteiger partial charge in [-0.3, -0.25) is 4.79 Å². The van der Waals surface area contributed by atoms with Crippen molar-refractivity contribution in [1.29, 1.82) is 0 Å². The summed E-state index contributed by atoms with van der Waals surface area (Å²) in [5.74, 6) is -1.92. The van der Waals surface area contributed by atoms with Crippen LogP contribution in [0, 0.1) is 6.92 Å². The molecule has 0 saturated carbocycles. The maximum Gasteiger partial charge on any atom is 0.338 e. The third-order valence-corrected chi connectivity index (χ3v) is 5.36. The number of carbonyl (C=O) groups is 2. The highest BCUT2D eigenvalue weighted by atomic mass is 32.2. The molecule has 2 N–H and O–H groups in total. The number of carboxylic acid groups (broad SMARTS) is 1. The van der Waals surface area contributed by atoms with E-state index in [9.17, 15) is 23.1 Å². The van der Waals surface area contributed by atoms with E-state index in [-0.39, 0.29) is 23.5 Å². The molecule has 0 aliphatic carbocycles. The predicted molar refractivity (Wildman–Crippen MR) is 99.0 cm³/mol. The molecule has 7 nitrogen and oxygen atoms in total. The summed E-state index contributed by atoms with van der Waals surface area (Å²) in [6.45, 7) is 3.47. The number of hydrogen-bond donors (Lipinski definition) is 2. The topological polar surface area (TPSA) is 110 Å². The second-order valence-corrected chi connectivity index (χ2v) is 7.61. The average molecular weight is 391 g/mol. The van der Waals surface area contributed by atoms with Crippen molar-refractivity contribution in [2.24, 2.45) is 0 Å². The Kier molecular flexibility index (Phi) is 6.70. The van der Waals surface area contributed by atoms with Crippen LogP contribution in [-0.2, 0) is 26.0 Å². The lowest BCUT2D eigenvalue weighted by atomic mass is 10.1. The first kappa shape index (κ1) is 20.6. The largest absolute Gasteiger partial charge is 0.480 e. The Labute approximate surface area is 158 Å². The van der Waals surface area contributed by atoms with Gasteiger partial charge in [0.15, 0.2) is 0 Å². The fourth-order valence-corrected chi connectivity index (χ4v) is 3.70. The number of esters is 1. The molecule has 0 aliphatic rings. The Morgan fingerprint density at radius 1 is 1.15 bits per heavy atom. The molecule has 144 valence electrons. The van der Waals surface area contributed by atoms with Gasteiger partial charge in [-0.1, -0.05) is 36.4 Å². The Morgan fingerprint density at radius 2 is 1.81 bits per heavy atom. The van der Waals surface area contributed by atoms with Crippen LogP contribution < -0.4 is 4.72 Å². The summed E-state index contributed by atoms with van der Waals surface area (Å²) in [5, 5.41) is 9.40. The molecule has 0 unspecified atom stereocenters. The molecule has 2 rings (SSSR count). The fourth-order valence-electron chi connectivity index (χ4n) is 2.48. The number of aryl methyl sites for hydroxylation is 1. The predicted octanol–water partition coefficient (Wildman–Crippen LogP) is 2.15. The zero-order valence-electron chi connectivity index (χ0n) is 15.0. The minimum Gasteiger partial charge on any atom is -0.480 e. The van der Waals surface area contributed by atoms with E-state index in [1.54, 1.807) is 44.2 Å². The molecule has 0 amide bonds. The van der Waals surface area contributed by atoms with Gasteiger partial charge in [0.1, 0.15) is 6.04 Å². The van der Waals surface area contributed by atoms with E-state index in [1.165, 1.54) is 18.2 Å². The number of ether oxygens (including phenoxy) is 1. The van der Waals surface area contributed by atoms with E-state index >= 15 is 0 Å². The first-order valence-electron chi connectivity index (χ1n) is 8.31. The number of rotatable bonds is 8. The molecular formula is C19H21NO6S. The van der Waals surface area contributed by atoms with Crippen molar-refractivity contribution < 1.29 is 27.9 Å². The smallest absolute Gasteiger partial charge is 0.338 e. The van der Waals surface area contributed by atoms with Crippen LogP contribution in [0.15, 0.2) is 53.4 Å². The van der Waals surface area contributed by atoms with Crippen molar-refractivity contribution in [3.63, 3.8) is 0 Å². The van der Waals surface area contributed by atoms with Gasteiger partial charge in [0, 0.05) is 0 Å². The first-order valence-corrected chi connectivity index (χ1v) is 9.79. The van der Waals surface area contributed by atoms with E-state index in [0.717, 1.165) is 0 Å². The van der Waals surface area contributed by atoms with E-state index in [2.05, 4.69) is 4.72 Å². The summed E-state index contributed by atoms with van der Waals surface area (Å²) in [6, 6.07) is 11.4. The molecule has 0 spiro atoms. The van der Waals surface area contributed by atoms with Crippen molar-refractivity contribution in [2.75, 3.05) is 6.61 Å². The molecule has 0 saturated heterocycles. The number of nitrogens with one attached hydrogen (secondary N) is 1. The van der Waals surface area contributed by atoms with Gasteiger partial charge >= 0.3 is 11.9 Å². The lowest BCUT2D eigenvalue weighted by Crippen LogP contribution is -2.42. The first-order chi connectivity index (χ1) is 12.7. The van der Waals surface area contributed by atoms with Crippen LogP contribution >= 0.6 is 0 Å². The van der Waals surface area contributed by atoms with Gasteiger partial charge in [-0.2, -0.15) is 4.72 Å². The molecule has 0 aliphatic heterocycles. The quantitative estimate of drug-likeness (QED) is 0.667. The normalized spacial score (nSPS) is 12.4. The van der Waals surface area contributed by atoms with Gasteiger partial charge in [-0.15, -0.1) is 0 Å². The number of aliphatic carboxylic acids is 1. The van der Waals surface area contributed by atoms with Crippen molar-refractivity contribution in [3.05, 3.63) is 65.2 Å². The highest BCUT2D eigenvalue weighted by Gasteiger charge is 2.26. The Morgan fingerprint density at radius 3 is 2.41 bits per heavy atom. The zero-order chi connectivity index (χ0) is 20.0. The highest BCUT2D eigenvalue weighted by Crippen LogP contribution is 2.18. The molecule has 0 aromatic heterocycles. The van der Waals surface area contributed by atoms with Crippen LogP contribution in [0.25, 0.3) is 0 Å². The maximum atomic E-state index is 12.7. The van der Waals surface area contributed by atoms with Crippen molar-refractivity contribution in [3.8, 4) is 0 Å². The molecule has 1 atom stereocenters. The minimum atomic E-state index is -4.15. The second kappa shape index (κ2) is 8.79. The van der Waals surface area contributed by atoms with E-state index in [4.69, 9.17) is 4.74 Å². The Bertz CT molecular complexity index is 924. The SMILES string of the molecule is CCOC(=O)c1cc(S(=O)(=O)N[C@@H](Cc2ccccc2)C(=O)O)ccc1C. The fraction of sp³-hybridized carbons (Fsp3) is 0.263. The van der Waals surface area contributed by atoms with Crippen LogP contribution in [0.4, 0.5) is 0 Å². The number of sulfonamides is 1. The number of benzene rings is 2. The number of carbonyl (C=O) groups excluding carboxylic acids is 1. The summed E-state index contributed by atoms with van der Waals surface area (Å²) in [4.78, 5) is 23.3. The third kappa shape index (κ3) is 5.38. The van der Waals surface area contributed by atoms with Gasteiger partial charge in [0.05, 0.1) is 17.1 Å². The van der Waals surface area contributed by atoms with E-state index in [0.29, 0.717) is 11.1 Å². The summed E-state index contributed by atoms with van der Waals surface area (Å²) < 4.78 is 32.4. The van der Waals surface area contributed by atoms with E-state index < -0.39 is 28.0 Å². The molecule has 2 aromatic carbocycles. The molecule has 0 radical (unpaired) electrons.